The van der Waals surface area contributed by atoms with E-state index in [9.17, 15) is 4.79 Å². The summed E-state index contributed by atoms with van der Waals surface area (Å²) in [5.41, 5.74) is 4.71. The third-order valence-electron chi connectivity index (χ3n) is 3.28. The molecule has 1 amide bonds. The Morgan fingerprint density at radius 2 is 1.88 bits per heavy atom. The summed E-state index contributed by atoms with van der Waals surface area (Å²) in [4.78, 5) is 11.9. The van der Waals surface area contributed by atoms with E-state index in [-0.39, 0.29) is 12.5 Å². The standard InChI is InChI=1S/C19H19N3O2/c1-2-8-17(15-9-4-3-5-10-15)21-22-19(23)14-24-18-12-7-6-11-16(18)13-20/h3-7,9-12H,2,8,14H2,1H3,(H,22,23)/b21-17-. The van der Waals surface area contributed by atoms with Crippen molar-refractivity contribution in [1.29, 1.82) is 5.26 Å². The molecule has 0 spiro atoms. The van der Waals surface area contributed by atoms with Crippen molar-refractivity contribution in [3.8, 4) is 11.8 Å². The topological polar surface area (TPSA) is 74.5 Å². The lowest BCUT2D eigenvalue weighted by molar-refractivity contribution is -0.123. The molecule has 0 saturated carbocycles. The van der Waals surface area contributed by atoms with Gasteiger partial charge in [-0.25, -0.2) is 5.43 Å². The van der Waals surface area contributed by atoms with Gasteiger partial charge in [-0.3, -0.25) is 4.79 Å². The van der Waals surface area contributed by atoms with Gasteiger partial charge in [0.05, 0.1) is 11.3 Å². The molecule has 0 unspecified atom stereocenters. The highest BCUT2D eigenvalue weighted by Crippen LogP contribution is 2.16. The van der Waals surface area contributed by atoms with Gasteiger partial charge in [-0.1, -0.05) is 55.8 Å². The predicted molar refractivity (Wildman–Crippen MR) is 92.7 cm³/mol. The molecule has 24 heavy (non-hydrogen) atoms. The number of hydrogen-bond acceptors (Lipinski definition) is 4. The van der Waals surface area contributed by atoms with Crippen LogP contribution in [0.2, 0.25) is 0 Å². The molecule has 2 aromatic carbocycles. The number of benzene rings is 2. The highest BCUT2D eigenvalue weighted by Gasteiger charge is 2.07. The molecule has 5 heteroatoms. The third kappa shape index (κ3) is 4.96. The van der Waals surface area contributed by atoms with Gasteiger partial charge in [0.25, 0.3) is 5.91 Å². The average molecular weight is 321 g/mol. The van der Waals surface area contributed by atoms with Crippen molar-refractivity contribution in [3.05, 3.63) is 65.7 Å². The zero-order valence-electron chi connectivity index (χ0n) is 13.5. The van der Waals surface area contributed by atoms with E-state index in [0.29, 0.717) is 11.3 Å². The van der Waals surface area contributed by atoms with Gasteiger partial charge >= 0.3 is 0 Å². The second kappa shape index (κ2) is 9.11. The van der Waals surface area contributed by atoms with Crippen LogP contribution >= 0.6 is 0 Å². The summed E-state index contributed by atoms with van der Waals surface area (Å²) in [5, 5.41) is 13.2. The van der Waals surface area contributed by atoms with Crippen LogP contribution in [0.15, 0.2) is 59.7 Å². The van der Waals surface area contributed by atoms with Crippen LogP contribution in [0.3, 0.4) is 0 Å². The van der Waals surface area contributed by atoms with Crippen LogP contribution in [0.5, 0.6) is 5.75 Å². The summed E-state index contributed by atoms with van der Waals surface area (Å²) in [5.74, 6) is 0.0169. The van der Waals surface area contributed by atoms with Gasteiger partial charge in [-0.05, 0) is 24.1 Å². The fourth-order valence-electron chi connectivity index (χ4n) is 2.12. The second-order valence-corrected chi connectivity index (χ2v) is 5.11. The lowest BCUT2D eigenvalue weighted by Crippen LogP contribution is -2.26. The monoisotopic (exact) mass is 321 g/mol. The van der Waals surface area contributed by atoms with Crippen LogP contribution in [0.25, 0.3) is 0 Å². The first kappa shape index (κ1) is 17.2. The lowest BCUT2D eigenvalue weighted by Gasteiger charge is -2.08. The quantitative estimate of drug-likeness (QED) is 0.628. The molecule has 0 aliphatic heterocycles. The molecule has 0 aliphatic rings. The fraction of sp³-hybridized carbons (Fsp3) is 0.211. The van der Waals surface area contributed by atoms with Gasteiger partial charge in [0.2, 0.25) is 0 Å². The molecule has 5 nitrogen and oxygen atoms in total. The smallest absolute Gasteiger partial charge is 0.277 e. The predicted octanol–water partition coefficient (Wildman–Crippen LogP) is 3.26. The van der Waals surface area contributed by atoms with Crippen LogP contribution < -0.4 is 10.2 Å². The highest BCUT2D eigenvalue weighted by molar-refractivity contribution is 6.01. The van der Waals surface area contributed by atoms with E-state index in [4.69, 9.17) is 10.00 Å². The van der Waals surface area contributed by atoms with Crippen molar-refractivity contribution in [3.63, 3.8) is 0 Å². The number of hydrogen-bond donors (Lipinski definition) is 1. The number of nitriles is 1. The average Bonchev–Trinajstić information content (AvgIpc) is 2.64. The Hall–Kier alpha value is -3.13. The summed E-state index contributed by atoms with van der Waals surface area (Å²) in [6.45, 7) is 1.86. The molecular weight excluding hydrogens is 302 g/mol. The van der Waals surface area contributed by atoms with Gasteiger partial charge in [0, 0.05) is 0 Å². The number of rotatable bonds is 7. The van der Waals surface area contributed by atoms with Gasteiger partial charge < -0.3 is 4.74 Å². The first-order valence-corrected chi connectivity index (χ1v) is 7.77. The molecule has 0 saturated heterocycles. The van der Waals surface area contributed by atoms with Gasteiger partial charge in [0.1, 0.15) is 11.8 Å². The summed E-state index contributed by atoms with van der Waals surface area (Å²) < 4.78 is 5.38. The van der Waals surface area contributed by atoms with E-state index in [1.54, 1.807) is 24.3 Å². The Labute approximate surface area is 141 Å². The number of nitrogens with zero attached hydrogens (tertiary/aromatic N) is 2. The van der Waals surface area contributed by atoms with Crippen molar-refractivity contribution in [2.45, 2.75) is 19.8 Å². The molecule has 0 atom stereocenters. The number of hydrazone groups is 1. The van der Waals surface area contributed by atoms with E-state index in [1.807, 2.05) is 36.4 Å². The minimum atomic E-state index is -0.368. The lowest BCUT2D eigenvalue weighted by atomic mass is 10.1. The Morgan fingerprint density at radius 1 is 1.17 bits per heavy atom. The molecular formula is C19H19N3O2. The van der Waals surface area contributed by atoms with Gasteiger partial charge in [0.15, 0.2) is 6.61 Å². The summed E-state index contributed by atoms with van der Waals surface area (Å²) in [6.07, 6.45) is 1.69. The first-order chi connectivity index (χ1) is 11.7. The Balaban J connectivity index is 1.97. The molecule has 1 N–H and O–H groups in total. The van der Waals surface area contributed by atoms with E-state index < -0.39 is 0 Å². The Kier molecular flexibility index (Phi) is 6.54. The minimum absolute atomic E-state index is 0.198. The zero-order chi connectivity index (χ0) is 17.2. The zero-order valence-corrected chi connectivity index (χ0v) is 13.5. The van der Waals surface area contributed by atoms with Crippen LogP contribution in [-0.2, 0) is 4.79 Å². The number of carbonyl (C=O) groups excluding carboxylic acids is 1. The van der Waals surface area contributed by atoms with Crippen molar-refractivity contribution >= 4 is 11.6 Å². The van der Waals surface area contributed by atoms with Crippen LogP contribution in [0.4, 0.5) is 0 Å². The van der Waals surface area contributed by atoms with Crippen LogP contribution in [-0.4, -0.2) is 18.2 Å². The number of nitrogens with one attached hydrogen (secondary N) is 1. The van der Waals surface area contributed by atoms with E-state index in [1.165, 1.54) is 0 Å². The maximum Gasteiger partial charge on any atom is 0.277 e. The SMILES string of the molecule is CCC/C(=N/NC(=O)COc1ccccc1C#N)c1ccccc1. The van der Waals surface area contributed by atoms with Crippen molar-refractivity contribution in [1.82, 2.24) is 5.43 Å². The molecule has 0 heterocycles. The summed E-state index contributed by atoms with van der Waals surface area (Å²) in [6, 6.07) is 18.5. The fourth-order valence-corrected chi connectivity index (χ4v) is 2.12. The van der Waals surface area contributed by atoms with Crippen molar-refractivity contribution in [2.75, 3.05) is 6.61 Å². The largest absolute Gasteiger partial charge is 0.482 e. The normalized spacial score (nSPS) is 10.8. The molecule has 0 aliphatic carbocycles. The molecule has 2 aromatic rings. The molecule has 0 aromatic heterocycles. The van der Waals surface area contributed by atoms with Crippen molar-refractivity contribution in [2.24, 2.45) is 5.10 Å². The van der Waals surface area contributed by atoms with Crippen molar-refractivity contribution < 1.29 is 9.53 Å². The number of ether oxygens (including phenoxy) is 1. The molecule has 2 rings (SSSR count). The maximum absolute atomic E-state index is 11.9. The Bertz CT molecular complexity index is 749. The highest BCUT2D eigenvalue weighted by atomic mass is 16.5. The number of amides is 1. The van der Waals surface area contributed by atoms with E-state index >= 15 is 0 Å². The number of para-hydroxylation sites is 1. The van der Waals surface area contributed by atoms with Gasteiger partial charge in [-0.15, -0.1) is 0 Å². The molecule has 0 radical (unpaired) electrons. The molecule has 0 bridgehead atoms. The Morgan fingerprint density at radius 3 is 2.58 bits per heavy atom. The van der Waals surface area contributed by atoms with Gasteiger partial charge in [-0.2, -0.15) is 10.4 Å². The second-order valence-electron chi connectivity index (χ2n) is 5.11. The van der Waals surface area contributed by atoms with Crippen LogP contribution in [0.1, 0.15) is 30.9 Å². The minimum Gasteiger partial charge on any atom is -0.482 e. The molecule has 0 fully saturated rings. The first-order valence-electron chi connectivity index (χ1n) is 7.77. The molecule has 122 valence electrons. The van der Waals surface area contributed by atoms with E-state index in [0.717, 1.165) is 24.1 Å². The number of carbonyl (C=O) groups is 1. The summed E-state index contributed by atoms with van der Waals surface area (Å²) in [7, 11) is 0. The maximum atomic E-state index is 11.9. The van der Waals surface area contributed by atoms with Crippen LogP contribution in [0, 0.1) is 11.3 Å². The summed E-state index contributed by atoms with van der Waals surface area (Å²) >= 11 is 0. The third-order valence-corrected chi connectivity index (χ3v) is 3.28. The van der Waals surface area contributed by atoms with E-state index in [2.05, 4.69) is 17.5 Å².